The van der Waals surface area contributed by atoms with Crippen LogP contribution in [0.5, 0.6) is 0 Å². The SMILES string of the molecule is O=C(NO)C1(S(=O)(=O)c2ccc(-c3cnc(CCC(F)(F)F)cn3)cc2)CCOCC1. The molecule has 0 spiro atoms. The molecule has 1 amide bonds. The zero-order chi connectivity index (χ0) is 22.7. The lowest BCUT2D eigenvalue weighted by molar-refractivity contribution is -0.135. The molecule has 2 aromatic rings. The van der Waals surface area contributed by atoms with E-state index in [2.05, 4.69) is 9.97 Å². The van der Waals surface area contributed by atoms with Crippen LogP contribution in [0.25, 0.3) is 11.3 Å². The van der Waals surface area contributed by atoms with Gasteiger partial charge in [0.1, 0.15) is 0 Å². The van der Waals surface area contributed by atoms with Crippen molar-refractivity contribution >= 4 is 15.7 Å². The molecular weight excluding hydrogens is 439 g/mol. The number of amides is 1. The minimum Gasteiger partial charge on any atom is -0.381 e. The van der Waals surface area contributed by atoms with Crippen molar-refractivity contribution < 1.29 is 36.3 Å². The summed E-state index contributed by atoms with van der Waals surface area (Å²) < 4.78 is 66.7. The summed E-state index contributed by atoms with van der Waals surface area (Å²) in [4.78, 5) is 20.2. The van der Waals surface area contributed by atoms with Crippen LogP contribution in [-0.4, -0.2) is 53.6 Å². The zero-order valence-corrected chi connectivity index (χ0v) is 17.0. The fourth-order valence-corrected chi connectivity index (χ4v) is 5.29. The maximum absolute atomic E-state index is 13.2. The number of halogens is 3. The van der Waals surface area contributed by atoms with E-state index >= 15 is 0 Å². The van der Waals surface area contributed by atoms with Crippen molar-refractivity contribution in [3.05, 3.63) is 42.4 Å². The maximum atomic E-state index is 13.2. The molecule has 0 aliphatic carbocycles. The first-order chi connectivity index (χ1) is 14.6. The van der Waals surface area contributed by atoms with E-state index in [-0.39, 0.29) is 43.1 Å². The van der Waals surface area contributed by atoms with E-state index in [9.17, 15) is 26.4 Å². The third-order valence-electron chi connectivity index (χ3n) is 5.16. The summed E-state index contributed by atoms with van der Waals surface area (Å²) in [5.74, 6) is -1.01. The number of alkyl halides is 3. The second kappa shape index (κ2) is 8.89. The number of nitrogens with zero attached hydrogens (tertiary/aromatic N) is 2. The smallest absolute Gasteiger partial charge is 0.381 e. The number of benzene rings is 1. The molecule has 0 atom stereocenters. The van der Waals surface area contributed by atoms with Crippen molar-refractivity contribution in [3.63, 3.8) is 0 Å². The quantitative estimate of drug-likeness (QED) is 0.503. The number of hydrogen-bond donors (Lipinski definition) is 2. The number of rotatable bonds is 6. The van der Waals surface area contributed by atoms with Gasteiger partial charge in [0.15, 0.2) is 14.6 Å². The fourth-order valence-electron chi connectivity index (χ4n) is 3.35. The van der Waals surface area contributed by atoms with E-state index in [0.29, 0.717) is 11.3 Å². The zero-order valence-electron chi connectivity index (χ0n) is 16.2. The molecular formula is C19H20F3N3O5S. The molecule has 3 rings (SSSR count). The van der Waals surface area contributed by atoms with Gasteiger partial charge < -0.3 is 4.74 Å². The molecule has 31 heavy (non-hydrogen) atoms. The topological polar surface area (TPSA) is 118 Å². The van der Waals surface area contributed by atoms with Crippen molar-refractivity contribution in [2.75, 3.05) is 13.2 Å². The van der Waals surface area contributed by atoms with Gasteiger partial charge in [-0.3, -0.25) is 20.0 Å². The Morgan fingerprint density at radius 3 is 2.29 bits per heavy atom. The summed E-state index contributed by atoms with van der Waals surface area (Å²) in [5, 5.41) is 9.08. The van der Waals surface area contributed by atoms with Gasteiger partial charge in [-0.25, -0.2) is 13.9 Å². The average molecular weight is 459 g/mol. The Morgan fingerprint density at radius 2 is 1.77 bits per heavy atom. The van der Waals surface area contributed by atoms with Crippen LogP contribution in [0.3, 0.4) is 0 Å². The van der Waals surface area contributed by atoms with Gasteiger partial charge in [-0.2, -0.15) is 13.2 Å². The summed E-state index contributed by atoms with van der Waals surface area (Å²) in [6, 6.07) is 5.56. The minimum absolute atomic E-state index is 0.0566. The monoisotopic (exact) mass is 459 g/mol. The Kier molecular flexibility index (Phi) is 6.62. The van der Waals surface area contributed by atoms with E-state index in [4.69, 9.17) is 9.94 Å². The van der Waals surface area contributed by atoms with Crippen LogP contribution < -0.4 is 5.48 Å². The van der Waals surface area contributed by atoms with E-state index in [1.54, 1.807) is 0 Å². The molecule has 2 N–H and O–H groups in total. The Morgan fingerprint density at radius 1 is 1.13 bits per heavy atom. The normalized spacial score (nSPS) is 16.6. The van der Waals surface area contributed by atoms with Gasteiger partial charge in [0, 0.05) is 31.4 Å². The molecule has 2 heterocycles. The van der Waals surface area contributed by atoms with Crippen molar-refractivity contribution in [1.82, 2.24) is 15.4 Å². The highest BCUT2D eigenvalue weighted by Gasteiger charge is 2.52. The summed E-state index contributed by atoms with van der Waals surface area (Å²) in [7, 11) is -4.16. The molecule has 12 heteroatoms. The maximum Gasteiger partial charge on any atom is 0.389 e. The number of hydrogen-bond acceptors (Lipinski definition) is 7. The molecule has 1 aromatic carbocycles. The molecule has 1 aliphatic heterocycles. The predicted octanol–water partition coefficient (Wildman–Crippen LogP) is 2.47. The standard InChI is InChI=1S/C19H20F3N3O5S/c20-19(21,22)6-5-14-11-24-16(12-23-14)13-1-3-15(4-2-13)31(28,29)18(17(26)25-27)7-9-30-10-8-18/h1-4,11-12,27H,5-10H2,(H,25,26). The van der Waals surface area contributed by atoms with Crippen LogP contribution in [0.2, 0.25) is 0 Å². The van der Waals surface area contributed by atoms with Crippen LogP contribution in [0.4, 0.5) is 13.2 Å². The highest BCUT2D eigenvalue weighted by Crippen LogP contribution is 2.35. The van der Waals surface area contributed by atoms with Crippen molar-refractivity contribution in [2.24, 2.45) is 0 Å². The lowest BCUT2D eigenvalue weighted by Gasteiger charge is -2.34. The molecule has 1 aliphatic rings. The van der Waals surface area contributed by atoms with E-state index in [1.807, 2.05) is 0 Å². The molecule has 0 bridgehead atoms. The lowest BCUT2D eigenvalue weighted by Crippen LogP contribution is -2.54. The fraction of sp³-hybridized carbons (Fsp3) is 0.421. The first-order valence-electron chi connectivity index (χ1n) is 9.34. The van der Waals surface area contributed by atoms with Gasteiger partial charge in [-0.15, -0.1) is 0 Å². The number of sulfone groups is 1. The van der Waals surface area contributed by atoms with Crippen LogP contribution in [0.15, 0.2) is 41.6 Å². The first-order valence-corrected chi connectivity index (χ1v) is 10.8. The van der Waals surface area contributed by atoms with Crippen LogP contribution >= 0.6 is 0 Å². The molecule has 1 aromatic heterocycles. The molecule has 1 fully saturated rings. The molecule has 0 saturated carbocycles. The highest BCUT2D eigenvalue weighted by atomic mass is 32.2. The van der Waals surface area contributed by atoms with E-state index in [0.717, 1.165) is 0 Å². The van der Waals surface area contributed by atoms with Gasteiger partial charge in [0.2, 0.25) is 0 Å². The summed E-state index contributed by atoms with van der Waals surface area (Å²) in [6.45, 7) is 0.113. The minimum atomic E-state index is -4.28. The summed E-state index contributed by atoms with van der Waals surface area (Å²) in [5.41, 5.74) is 2.50. The Labute approximate surface area is 176 Å². The molecule has 0 radical (unpaired) electrons. The number of aryl methyl sites for hydroxylation is 1. The molecule has 0 unspecified atom stereocenters. The Bertz CT molecular complexity index is 1020. The third kappa shape index (κ3) is 4.86. The molecule has 168 valence electrons. The second-order valence-electron chi connectivity index (χ2n) is 7.08. The van der Waals surface area contributed by atoms with Crippen LogP contribution in [-0.2, 0) is 25.8 Å². The van der Waals surface area contributed by atoms with Crippen molar-refractivity contribution in [3.8, 4) is 11.3 Å². The average Bonchev–Trinajstić information content (AvgIpc) is 2.77. The number of ether oxygens (including phenoxy) is 1. The number of carbonyl (C=O) groups excluding carboxylic acids is 1. The highest BCUT2D eigenvalue weighted by molar-refractivity contribution is 7.93. The Hall–Kier alpha value is -2.57. The summed E-state index contributed by atoms with van der Waals surface area (Å²) in [6.07, 6.45) is -3.21. The van der Waals surface area contributed by atoms with Crippen molar-refractivity contribution in [1.29, 1.82) is 0 Å². The van der Waals surface area contributed by atoms with Gasteiger partial charge in [0.05, 0.1) is 22.5 Å². The third-order valence-corrected chi connectivity index (χ3v) is 7.68. The predicted molar refractivity (Wildman–Crippen MR) is 102 cm³/mol. The van der Waals surface area contributed by atoms with E-state index < -0.39 is 33.1 Å². The van der Waals surface area contributed by atoms with Gasteiger partial charge in [-0.05, 0) is 31.4 Å². The largest absolute Gasteiger partial charge is 0.389 e. The number of aromatic nitrogens is 2. The van der Waals surface area contributed by atoms with E-state index in [1.165, 1.54) is 42.1 Å². The van der Waals surface area contributed by atoms with Crippen molar-refractivity contribution in [2.45, 2.75) is 41.5 Å². The summed E-state index contributed by atoms with van der Waals surface area (Å²) >= 11 is 0. The van der Waals surface area contributed by atoms with Gasteiger partial charge in [0.25, 0.3) is 5.91 Å². The first kappa shape index (κ1) is 23.1. The van der Waals surface area contributed by atoms with Gasteiger partial charge in [-0.1, -0.05) is 12.1 Å². The number of nitrogens with one attached hydrogen (secondary N) is 1. The molecule has 1 saturated heterocycles. The van der Waals surface area contributed by atoms with Crippen LogP contribution in [0, 0.1) is 0 Å². The second-order valence-corrected chi connectivity index (χ2v) is 9.34. The number of hydroxylamine groups is 1. The Balaban J connectivity index is 1.83. The lowest BCUT2D eigenvalue weighted by atomic mass is 9.98. The van der Waals surface area contributed by atoms with Gasteiger partial charge >= 0.3 is 6.18 Å². The van der Waals surface area contributed by atoms with Crippen LogP contribution in [0.1, 0.15) is 25.0 Å². The number of carbonyl (C=O) groups is 1. The molecule has 8 nitrogen and oxygen atoms in total.